The summed E-state index contributed by atoms with van der Waals surface area (Å²) in [5.74, 6) is 1.24. The monoisotopic (exact) mass is 239 g/mol. The lowest BCUT2D eigenvalue weighted by atomic mass is 9.80. The maximum Gasteiger partial charge on any atom is 0.225 e. The van der Waals surface area contributed by atoms with E-state index in [4.69, 9.17) is 0 Å². The summed E-state index contributed by atoms with van der Waals surface area (Å²) < 4.78 is 0. The molecule has 1 fully saturated rings. The number of rotatable bonds is 5. The first-order valence-corrected chi connectivity index (χ1v) is 7.42. The van der Waals surface area contributed by atoms with Crippen LogP contribution in [0.25, 0.3) is 0 Å². The average Bonchev–Trinajstić information content (AvgIpc) is 2.39. The molecule has 0 aromatic heterocycles. The Morgan fingerprint density at radius 2 is 1.76 bits per heavy atom. The van der Waals surface area contributed by atoms with Crippen molar-refractivity contribution in [3.05, 3.63) is 0 Å². The molecule has 0 aliphatic heterocycles. The fourth-order valence-corrected chi connectivity index (χ4v) is 3.00. The lowest BCUT2D eigenvalue weighted by Gasteiger charge is -2.34. The van der Waals surface area contributed by atoms with E-state index in [1.54, 1.807) is 0 Å². The molecule has 1 aliphatic rings. The van der Waals surface area contributed by atoms with Crippen molar-refractivity contribution in [1.82, 2.24) is 4.90 Å². The van der Waals surface area contributed by atoms with Gasteiger partial charge in [-0.25, -0.2) is 0 Å². The van der Waals surface area contributed by atoms with Gasteiger partial charge in [0, 0.05) is 18.5 Å². The number of nitrogens with zero attached hydrogens (tertiary/aromatic N) is 1. The van der Waals surface area contributed by atoms with Gasteiger partial charge in [-0.1, -0.05) is 33.1 Å². The first-order valence-electron chi connectivity index (χ1n) is 7.42. The topological polar surface area (TPSA) is 20.3 Å². The minimum absolute atomic E-state index is 0.226. The zero-order chi connectivity index (χ0) is 12.8. The van der Waals surface area contributed by atoms with Crippen LogP contribution in [0.3, 0.4) is 0 Å². The van der Waals surface area contributed by atoms with Crippen molar-refractivity contribution in [2.45, 2.75) is 72.3 Å². The largest absolute Gasteiger partial charge is 0.340 e. The van der Waals surface area contributed by atoms with E-state index in [-0.39, 0.29) is 5.92 Å². The smallest absolute Gasteiger partial charge is 0.225 e. The predicted octanol–water partition coefficient (Wildman–Crippen LogP) is 3.85. The molecule has 2 atom stereocenters. The van der Waals surface area contributed by atoms with E-state index in [0.717, 1.165) is 13.0 Å². The third-order valence-corrected chi connectivity index (χ3v) is 4.49. The van der Waals surface area contributed by atoms with Crippen molar-refractivity contribution in [2.24, 2.45) is 11.8 Å². The Balaban J connectivity index is 2.59. The molecule has 1 aliphatic carbocycles. The Morgan fingerprint density at radius 1 is 1.18 bits per heavy atom. The van der Waals surface area contributed by atoms with Gasteiger partial charge >= 0.3 is 0 Å². The Kier molecular flexibility index (Phi) is 6.01. The van der Waals surface area contributed by atoms with E-state index in [1.807, 2.05) is 0 Å². The van der Waals surface area contributed by atoms with Gasteiger partial charge in [0.2, 0.25) is 5.91 Å². The maximum absolute atomic E-state index is 12.5. The highest BCUT2D eigenvalue weighted by Gasteiger charge is 2.29. The molecule has 1 saturated carbocycles. The third kappa shape index (κ3) is 3.72. The highest BCUT2D eigenvalue weighted by atomic mass is 16.2. The average molecular weight is 239 g/mol. The maximum atomic E-state index is 12.5. The van der Waals surface area contributed by atoms with Gasteiger partial charge in [-0.3, -0.25) is 4.79 Å². The summed E-state index contributed by atoms with van der Waals surface area (Å²) in [4.78, 5) is 14.6. The predicted molar refractivity (Wildman–Crippen MR) is 72.9 cm³/mol. The summed E-state index contributed by atoms with van der Waals surface area (Å²) >= 11 is 0. The molecule has 2 nitrogen and oxygen atoms in total. The summed E-state index contributed by atoms with van der Waals surface area (Å²) in [7, 11) is 0. The zero-order valence-electron chi connectivity index (χ0n) is 12.0. The number of hydrogen-bond donors (Lipinski definition) is 0. The van der Waals surface area contributed by atoms with Crippen LogP contribution >= 0.6 is 0 Å². The molecule has 0 heterocycles. The van der Waals surface area contributed by atoms with Crippen LogP contribution in [0.1, 0.15) is 66.2 Å². The SMILES string of the molecule is CCC(C)N(CC)C(=O)C(C)C1CCCCC1. The molecular weight excluding hydrogens is 210 g/mol. The Labute approximate surface area is 107 Å². The van der Waals surface area contributed by atoms with Crippen molar-refractivity contribution < 1.29 is 4.79 Å². The van der Waals surface area contributed by atoms with Gasteiger partial charge in [-0.15, -0.1) is 0 Å². The highest BCUT2D eigenvalue weighted by Crippen LogP contribution is 2.31. The van der Waals surface area contributed by atoms with E-state index < -0.39 is 0 Å². The molecule has 0 N–H and O–H groups in total. The molecule has 0 aromatic rings. The number of carbonyl (C=O) groups is 1. The van der Waals surface area contributed by atoms with Gasteiger partial charge in [0.25, 0.3) is 0 Å². The van der Waals surface area contributed by atoms with Crippen LogP contribution in [0.2, 0.25) is 0 Å². The second kappa shape index (κ2) is 7.03. The molecule has 0 saturated heterocycles. The molecule has 0 radical (unpaired) electrons. The van der Waals surface area contributed by atoms with Crippen LogP contribution in [0.4, 0.5) is 0 Å². The van der Waals surface area contributed by atoms with Crippen LogP contribution in [0, 0.1) is 11.8 Å². The lowest BCUT2D eigenvalue weighted by molar-refractivity contribution is -0.139. The fourth-order valence-electron chi connectivity index (χ4n) is 3.00. The molecule has 0 bridgehead atoms. The van der Waals surface area contributed by atoms with Gasteiger partial charge in [0.15, 0.2) is 0 Å². The highest BCUT2D eigenvalue weighted by molar-refractivity contribution is 5.79. The quantitative estimate of drug-likeness (QED) is 0.713. The van der Waals surface area contributed by atoms with Crippen LogP contribution in [0.15, 0.2) is 0 Å². The normalized spacial score (nSPS) is 20.9. The third-order valence-electron chi connectivity index (χ3n) is 4.49. The first-order chi connectivity index (χ1) is 8.11. The minimum Gasteiger partial charge on any atom is -0.340 e. The Hall–Kier alpha value is -0.530. The second-order valence-electron chi connectivity index (χ2n) is 5.57. The van der Waals surface area contributed by atoms with Crippen molar-refractivity contribution in [3.8, 4) is 0 Å². The number of hydrogen-bond acceptors (Lipinski definition) is 1. The summed E-state index contributed by atoms with van der Waals surface area (Å²) in [6.07, 6.45) is 7.56. The van der Waals surface area contributed by atoms with Gasteiger partial charge in [0.05, 0.1) is 0 Å². The molecule has 17 heavy (non-hydrogen) atoms. The van der Waals surface area contributed by atoms with Gasteiger partial charge < -0.3 is 4.90 Å². The minimum atomic E-state index is 0.226. The fraction of sp³-hybridized carbons (Fsp3) is 0.933. The van der Waals surface area contributed by atoms with E-state index in [0.29, 0.717) is 17.9 Å². The summed E-state index contributed by atoms with van der Waals surface area (Å²) in [5.41, 5.74) is 0. The first kappa shape index (κ1) is 14.5. The summed E-state index contributed by atoms with van der Waals surface area (Å²) in [5, 5.41) is 0. The van der Waals surface area contributed by atoms with Crippen molar-refractivity contribution >= 4 is 5.91 Å². The molecule has 1 amide bonds. The second-order valence-corrected chi connectivity index (χ2v) is 5.57. The standard InChI is InChI=1S/C15H29NO/c1-5-12(3)16(6-2)15(17)13(4)14-10-8-7-9-11-14/h12-14H,5-11H2,1-4H3. The van der Waals surface area contributed by atoms with Crippen molar-refractivity contribution in [2.75, 3.05) is 6.54 Å². The van der Waals surface area contributed by atoms with Crippen molar-refractivity contribution in [3.63, 3.8) is 0 Å². The summed E-state index contributed by atoms with van der Waals surface area (Å²) in [6, 6.07) is 0.388. The molecule has 1 rings (SSSR count). The van der Waals surface area contributed by atoms with E-state index in [9.17, 15) is 4.79 Å². The van der Waals surface area contributed by atoms with Crippen molar-refractivity contribution in [1.29, 1.82) is 0 Å². The summed E-state index contributed by atoms with van der Waals surface area (Å²) in [6.45, 7) is 9.41. The zero-order valence-corrected chi connectivity index (χ0v) is 12.0. The molecule has 0 aromatic carbocycles. The molecule has 2 heteroatoms. The molecule has 2 unspecified atom stereocenters. The Morgan fingerprint density at radius 3 is 2.24 bits per heavy atom. The Bertz CT molecular complexity index is 233. The molecule has 0 spiro atoms. The number of amides is 1. The van der Waals surface area contributed by atoms with E-state index in [1.165, 1.54) is 32.1 Å². The van der Waals surface area contributed by atoms with Gasteiger partial charge in [-0.2, -0.15) is 0 Å². The molecule has 100 valence electrons. The van der Waals surface area contributed by atoms with Crippen LogP contribution in [0.5, 0.6) is 0 Å². The van der Waals surface area contributed by atoms with Gasteiger partial charge in [-0.05, 0) is 39.0 Å². The lowest BCUT2D eigenvalue weighted by Crippen LogP contribution is -2.43. The van der Waals surface area contributed by atoms with E-state index >= 15 is 0 Å². The van der Waals surface area contributed by atoms with Crippen LogP contribution < -0.4 is 0 Å². The van der Waals surface area contributed by atoms with E-state index in [2.05, 4.69) is 32.6 Å². The molecular formula is C15H29NO. The number of carbonyl (C=O) groups excluding carboxylic acids is 1. The van der Waals surface area contributed by atoms with Gasteiger partial charge in [0.1, 0.15) is 0 Å². The van der Waals surface area contributed by atoms with Crippen LogP contribution in [-0.2, 0) is 4.79 Å². The van der Waals surface area contributed by atoms with Crippen LogP contribution in [-0.4, -0.2) is 23.4 Å².